The molecule has 1 saturated heterocycles. The highest BCUT2D eigenvalue weighted by Crippen LogP contribution is 2.44. The number of amides is 4. The van der Waals surface area contributed by atoms with Crippen molar-refractivity contribution in [2.24, 2.45) is 17.3 Å². The Morgan fingerprint density at radius 2 is 1.89 bits per heavy atom. The maximum Gasteiger partial charge on any atom is 0.317 e. The van der Waals surface area contributed by atoms with Crippen molar-refractivity contribution in [1.82, 2.24) is 15.2 Å². The Hall–Kier alpha value is -2.68. The van der Waals surface area contributed by atoms with Crippen LogP contribution in [0.15, 0.2) is 12.3 Å². The topological polar surface area (TPSA) is 113 Å². The van der Waals surface area contributed by atoms with Crippen molar-refractivity contribution in [3.63, 3.8) is 0 Å². The molecule has 4 amide bonds. The number of carbonyl (C=O) groups is 3. The highest BCUT2D eigenvalue weighted by Gasteiger charge is 2.48. The highest BCUT2D eigenvalue weighted by atomic mass is 16.5. The van der Waals surface area contributed by atoms with Gasteiger partial charge in [0.2, 0.25) is 11.8 Å². The quantitative estimate of drug-likeness (QED) is 0.569. The van der Waals surface area contributed by atoms with Gasteiger partial charge >= 0.3 is 6.03 Å². The molecular weight excluding hydrogens is 458 g/mol. The summed E-state index contributed by atoms with van der Waals surface area (Å²) in [5.41, 5.74) is 0.897. The molecule has 2 fully saturated rings. The van der Waals surface area contributed by atoms with Gasteiger partial charge in [-0.1, -0.05) is 40.5 Å². The fourth-order valence-corrected chi connectivity index (χ4v) is 5.84. The molecule has 1 saturated carbocycles. The maximum atomic E-state index is 13.5. The van der Waals surface area contributed by atoms with Gasteiger partial charge < -0.3 is 25.6 Å². The van der Waals surface area contributed by atoms with E-state index in [1.165, 1.54) is 0 Å². The molecule has 36 heavy (non-hydrogen) atoms. The molecule has 1 spiro atoms. The molecule has 3 N–H and O–H groups in total. The lowest BCUT2D eigenvalue weighted by molar-refractivity contribution is -0.124. The summed E-state index contributed by atoms with van der Waals surface area (Å²) in [7, 11) is 1.76. The van der Waals surface area contributed by atoms with Gasteiger partial charge in [-0.3, -0.25) is 9.59 Å². The Balaban J connectivity index is 1.50. The number of anilines is 2. The Morgan fingerprint density at radius 3 is 2.53 bits per heavy atom. The normalized spacial score (nSPS) is 24.0. The van der Waals surface area contributed by atoms with Crippen LogP contribution in [0, 0.1) is 17.3 Å². The van der Waals surface area contributed by atoms with E-state index >= 15 is 0 Å². The summed E-state index contributed by atoms with van der Waals surface area (Å²) in [6.07, 6.45) is 6.79. The van der Waals surface area contributed by atoms with E-state index in [2.05, 4.69) is 48.6 Å². The third-order valence-electron chi connectivity index (χ3n) is 7.85. The molecule has 1 aromatic heterocycles. The van der Waals surface area contributed by atoms with Gasteiger partial charge in [0, 0.05) is 44.6 Å². The van der Waals surface area contributed by atoms with Gasteiger partial charge in [0.15, 0.2) is 0 Å². The molecule has 0 aromatic carbocycles. The molecule has 3 heterocycles. The second-order valence-corrected chi connectivity index (χ2v) is 12.1. The molecule has 1 aliphatic carbocycles. The van der Waals surface area contributed by atoms with Crippen LogP contribution in [0.5, 0.6) is 0 Å². The van der Waals surface area contributed by atoms with Crippen molar-refractivity contribution in [1.29, 1.82) is 0 Å². The number of hydrogen-bond acceptors (Lipinski definition) is 5. The minimum absolute atomic E-state index is 0.0329. The number of ether oxygens (including phenoxy) is 1. The van der Waals surface area contributed by atoms with Crippen molar-refractivity contribution in [2.45, 2.75) is 77.7 Å². The Labute approximate surface area is 214 Å². The molecule has 1 atom stereocenters. The number of nitrogens with one attached hydrogen (secondary N) is 3. The lowest BCUT2D eigenvalue weighted by Crippen LogP contribution is -2.53. The van der Waals surface area contributed by atoms with Gasteiger partial charge in [-0.2, -0.15) is 0 Å². The average molecular weight is 500 g/mol. The zero-order chi connectivity index (χ0) is 26.1. The van der Waals surface area contributed by atoms with Crippen LogP contribution in [0.3, 0.4) is 0 Å². The largest absolute Gasteiger partial charge is 0.381 e. The zero-order valence-electron chi connectivity index (χ0n) is 22.3. The maximum absolute atomic E-state index is 13.5. The first-order chi connectivity index (χ1) is 17.0. The van der Waals surface area contributed by atoms with Gasteiger partial charge in [-0.25, -0.2) is 9.78 Å². The number of carbonyl (C=O) groups excluding carboxylic acids is 3. The molecular formula is C27H41N5O4. The van der Waals surface area contributed by atoms with Crippen molar-refractivity contribution in [2.75, 3.05) is 37.4 Å². The van der Waals surface area contributed by atoms with Crippen LogP contribution in [-0.4, -0.2) is 60.6 Å². The number of hydrogen-bond donors (Lipinski definition) is 3. The lowest BCUT2D eigenvalue weighted by Gasteiger charge is -2.34. The fraction of sp³-hybridized carbons (Fsp3) is 0.704. The highest BCUT2D eigenvalue weighted by molar-refractivity contribution is 6.07. The number of nitrogens with zero attached hydrogens (tertiary/aromatic N) is 2. The summed E-state index contributed by atoms with van der Waals surface area (Å²) in [6, 6.07) is 0.821. The molecule has 0 radical (unpaired) electrons. The Kier molecular flexibility index (Phi) is 7.59. The summed E-state index contributed by atoms with van der Waals surface area (Å²) >= 11 is 0. The molecule has 2 aliphatic heterocycles. The molecule has 0 bridgehead atoms. The van der Waals surface area contributed by atoms with Crippen LogP contribution in [-0.2, 0) is 19.7 Å². The molecule has 9 nitrogen and oxygen atoms in total. The number of urea groups is 1. The van der Waals surface area contributed by atoms with E-state index < -0.39 is 11.5 Å². The van der Waals surface area contributed by atoms with Crippen LogP contribution < -0.4 is 16.0 Å². The molecule has 3 aliphatic rings. The van der Waals surface area contributed by atoms with Crippen LogP contribution in [0.4, 0.5) is 16.3 Å². The van der Waals surface area contributed by atoms with Gasteiger partial charge in [-0.15, -0.1) is 0 Å². The summed E-state index contributed by atoms with van der Waals surface area (Å²) in [4.78, 5) is 45.5. The molecule has 9 heteroatoms. The summed E-state index contributed by atoms with van der Waals surface area (Å²) in [5.74, 6) is 0.755. The van der Waals surface area contributed by atoms with Gasteiger partial charge in [0.1, 0.15) is 11.9 Å². The van der Waals surface area contributed by atoms with Crippen LogP contribution >= 0.6 is 0 Å². The number of aromatic nitrogens is 1. The Bertz CT molecular complexity index is 990. The predicted molar refractivity (Wildman–Crippen MR) is 139 cm³/mol. The SMILES string of the molecule is CC1CCC([C@H](NC(=O)N(C)CC(C)(C)C)C(=O)Nc2cc3c(cn2)C2(CCOCC2)C(=O)N3)CC1. The third-order valence-corrected chi connectivity index (χ3v) is 7.85. The van der Waals surface area contributed by atoms with Crippen LogP contribution in [0.25, 0.3) is 0 Å². The van der Waals surface area contributed by atoms with E-state index in [0.29, 0.717) is 50.0 Å². The monoisotopic (exact) mass is 499 g/mol. The van der Waals surface area contributed by atoms with Crippen molar-refractivity contribution in [3.05, 3.63) is 17.8 Å². The molecule has 198 valence electrons. The minimum atomic E-state index is -0.654. The number of pyridine rings is 1. The second-order valence-electron chi connectivity index (χ2n) is 12.1. The first-order valence-electron chi connectivity index (χ1n) is 13.2. The van der Waals surface area contributed by atoms with E-state index in [-0.39, 0.29) is 29.2 Å². The number of fused-ring (bicyclic) bond motifs is 2. The smallest absolute Gasteiger partial charge is 0.317 e. The minimum Gasteiger partial charge on any atom is -0.381 e. The van der Waals surface area contributed by atoms with Gasteiger partial charge in [-0.05, 0) is 42.9 Å². The fourth-order valence-electron chi connectivity index (χ4n) is 5.84. The molecule has 1 aromatic rings. The van der Waals surface area contributed by atoms with Crippen LogP contribution in [0.2, 0.25) is 0 Å². The van der Waals surface area contributed by atoms with Gasteiger partial charge in [0.05, 0.1) is 11.1 Å². The molecule has 4 rings (SSSR count). The van der Waals surface area contributed by atoms with Crippen LogP contribution in [0.1, 0.15) is 71.8 Å². The third kappa shape index (κ3) is 5.66. The summed E-state index contributed by atoms with van der Waals surface area (Å²) in [5, 5.41) is 8.91. The standard InChI is InChI=1S/C27H41N5O4/c1-17-6-8-18(9-7-17)22(31-25(35)32(5)16-26(2,3)4)23(33)30-21-14-20-19(15-28-21)27(24(34)29-20)10-12-36-13-11-27/h14-15,17-18,22H,6-13,16H2,1-5H3,(H,29,34)(H,31,35)(H,28,30,33)/t17?,18?,22-/m0/s1. The first-order valence-corrected chi connectivity index (χ1v) is 13.2. The van der Waals surface area contributed by atoms with Gasteiger partial charge in [0.25, 0.3) is 0 Å². The zero-order valence-corrected chi connectivity index (χ0v) is 22.3. The first kappa shape index (κ1) is 26.4. The average Bonchev–Trinajstić information content (AvgIpc) is 3.07. The Morgan fingerprint density at radius 1 is 1.22 bits per heavy atom. The van der Waals surface area contributed by atoms with E-state index in [1.807, 2.05) is 0 Å². The van der Waals surface area contributed by atoms with E-state index in [9.17, 15) is 14.4 Å². The van der Waals surface area contributed by atoms with E-state index in [0.717, 1.165) is 31.2 Å². The predicted octanol–water partition coefficient (Wildman–Crippen LogP) is 3.90. The van der Waals surface area contributed by atoms with Crippen molar-refractivity contribution >= 4 is 29.4 Å². The van der Waals surface area contributed by atoms with Crippen molar-refractivity contribution < 1.29 is 19.1 Å². The second kappa shape index (κ2) is 10.4. The summed E-state index contributed by atoms with van der Waals surface area (Å²) < 4.78 is 5.47. The lowest BCUT2D eigenvalue weighted by atomic mass is 9.76. The number of rotatable bonds is 5. The van der Waals surface area contributed by atoms with Crippen molar-refractivity contribution in [3.8, 4) is 0 Å². The van der Waals surface area contributed by atoms with E-state index in [1.54, 1.807) is 24.2 Å². The molecule has 0 unspecified atom stereocenters. The summed E-state index contributed by atoms with van der Waals surface area (Å²) in [6.45, 7) is 10.1. The van der Waals surface area contributed by atoms with E-state index in [4.69, 9.17) is 4.74 Å².